The predicted octanol–water partition coefficient (Wildman–Crippen LogP) is -0.389. The normalized spacial score (nSPS) is 42.9. The summed E-state index contributed by atoms with van der Waals surface area (Å²) in [7, 11) is 0. The lowest BCUT2D eigenvalue weighted by Crippen LogP contribution is -2.55. The van der Waals surface area contributed by atoms with Crippen LogP contribution in [0.5, 0.6) is 0 Å². The Hall–Kier alpha value is -0.610. The van der Waals surface area contributed by atoms with Gasteiger partial charge in [-0.05, 0) is 25.7 Å². The summed E-state index contributed by atoms with van der Waals surface area (Å²) < 4.78 is 0. The summed E-state index contributed by atoms with van der Waals surface area (Å²) in [6.07, 6.45) is 3.40. The highest BCUT2D eigenvalue weighted by atomic mass is 16.3. The molecule has 4 nitrogen and oxygen atoms in total. The monoisotopic (exact) mass is 198 g/mol. The van der Waals surface area contributed by atoms with Gasteiger partial charge in [-0.25, -0.2) is 0 Å². The van der Waals surface area contributed by atoms with Gasteiger partial charge in [0.05, 0.1) is 12.0 Å². The number of nitrogens with two attached hydrogens (primary N) is 1. The molecule has 2 fully saturated rings. The second kappa shape index (κ2) is 3.87. The zero-order valence-electron chi connectivity index (χ0n) is 8.28. The van der Waals surface area contributed by atoms with Gasteiger partial charge in [-0.3, -0.25) is 4.79 Å². The first kappa shape index (κ1) is 9.93. The Morgan fingerprint density at radius 3 is 3.00 bits per heavy atom. The van der Waals surface area contributed by atoms with Crippen molar-refractivity contribution in [2.45, 2.75) is 37.8 Å². The Labute approximate surface area is 83.9 Å². The fourth-order valence-electron chi connectivity index (χ4n) is 2.68. The first-order valence-electron chi connectivity index (χ1n) is 5.41. The van der Waals surface area contributed by atoms with Crippen LogP contribution < -0.4 is 11.1 Å². The zero-order chi connectivity index (χ0) is 10.1. The molecular formula is C10H18N2O2. The summed E-state index contributed by atoms with van der Waals surface area (Å²) >= 11 is 0. The van der Waals surface area contributed by atoms with E-state index in [0.29, 0.717) is 6.54 Å². The first-order valence-corrected chi connectivity index (χ1v) is 5.41. The van der Waals surface area contributed by atoms with Crippen molar-refractivity contribution in [2.24, 2.45) is 17.6 Å². The van der Waals surface area contributed by atoms with E-state index in [1.165, 1.54) is 0 Å². The van der Waals surface area contributed by atoms with Gasteiger partial charge in [-0.2, -0.15) is 0 Å². The zero-order valence-corrected chi connectivity index (χ0v) is 8.28. The Morgan fingerprint density at radius 2 is 2.29 bits per heavy atom. The highest BCUT2D eigenvalue weighted by molar-refractivity contribution is 5.80. The largest absolute Gasteiger partial charge is 0.393 e. The SMILES string of the molecule is NC[C@H]1C[C@H]2[C@H](O)CCC[C@@H]2NC1=O. The third-order valence-electron chi connectivity index (χ3n) is 3.57. The number of hydrogen-bond donors (Lipinski definition) is 3. The number of fused-ring (bicyclic) bond motifs is 1. The van der Waals surface area contributed by atoms with Gasteiger partial charge in [0.15, 0.2) is 0 Å². The van der Waals surface area contributed by atoms with Crippen LogP contribution in [0.1, 0.15) is 25.7 Å². The topological polar surface area (TPSA) is 75.3 Å². The smallest absolute Gasteiger partial charge is 0.224 e. The number of aliphatic hydroxyl groups is 1. The van der Waals surface area contributed by atoms with Gasteiger partial charge < -0.3 is 16.2 Å². The second-order valence-corrected chi connectivity index (χ2v) is 4.45. The molecule has 1 heterocycles. The minimum absolute atomic E-state index is 0.0721. The third-order valence-corrected chi connectivity index (χ3v) is 3.57. The van der Waals surface area contributed by atoms with Crippen LogP contribution in [0.2, 0.25) is 0 Å². The lowest BCUT2D eigenvalue weighted by Gasteiger charge is -2.41. The van der Waals surface area contributed by atoms with Crippen molar-refractivity contribution in [3.63, 3.8) is 0 Å². The average Bonchev–Trinajstić information content (AvgIpc) is 2.17. The summed E-state index contributed by atoms with van der Waals surface area (Å²) in [6, 6.07) is 0.189. The molecule has 2 rings (SSSR count). The molecule has 14 heavy (non-hydrogen) atoms. The molecule has 4 heteroatoms. The molecule has 0 radical (unpaired) electrons. The fraction of sp³-hybridized carbons (Fsp3) is 0.900. The molecule has 0 aromatic heterocycles. The van der Waals surface area contributed by atoms with Crippen molar-refractivity contribution < 1.29 is 9.90 Å². The molecule has 0 bridgehead atoms. The van der Waals surface area contributed by atoms with Crippen molar-refractivity contribution in [2.75, 3.05) is 6.54 Å². The Balaban J connectivity index is 2.06. The van der Waals surface area contributed by atoms with Crippen LogP contribution in [0.3, 0.4) is 0 Å². The fourth-order valence-corrected chi connectivity index (χ4v) is 2.68. The lowest BCUT2D eigenvalue weighted by molar-refractivity contribution is -0.131. The maximum Gasteiger partial charge on any atom is 0.224 e. The quantitative estimate of drug-likeness (QED) is 0.537. The van der Waals surface area contributed by atoms with Crippen LogP contribution in [-0.4, -0.2) is 29.7 Å². The van der Waals surface area contributed by atoms with Crippen LogP contribution in [-0.2, 0) is 4.79 Å². The highest BCUT2D eigenvalue weighted by Gasteiger charge is 2.40. The Bertz CT molecular complexity index is 232. The summed E-state index contributed by atoms with van der Waals surface area (Å²) in [5, 5.41) is 12.8. The number of aliphatic hydroxyl groups excluding tert-OH is 1. The number of hydrogen-bond acceptors (Lipinski definition) is 3. The molecule has 0 spiro atoms. The summed E-state index contributed by atoms with van der Waals surface area (Å²) in [5.41, 5.74) is 5.52. The number of carbonyl (C=O) groups excluding carboxylic acids is 1. The third kappa shape index (κ3) is 1.64. The van der Waals surface area contributed by atoms with E-state index in [4.69, 9.17) is 5.73 Å². The van der Waals surface area contributed by atoms with Gasteiger partial charge >= 0.3 is 0 Å². The van der Waals surface area contributed by atoms with E-state index < -0.39 is 0 Å². The van der Waals surface area contributed by atoms with Crippen LogP contribution in [0.4, 0.5) is 0 Å². The molecule has 1 saturated heterocycles. The molecule has 0 aromatic carbocycles. The molecule has 4 atom stereocenters. The van der Waals surface area contributed by atoms with Gasteiger partial charge in [-0.15, -0.1) is 0 Å². The standard InChI is InChI=1S/C10H18N2O2/c11-5-6-4-7-8(12-10(6)14)2-1-3-9(7)13/h6-9,13H,1-5,11H2,(H,12,14)/t6-,7-,8+,9-/m1/s1. The molecule has 80 valence electrons. The van der Waals surface area contributed by atoms with E-state index in [0.717, 1.165) is 25.7 Å². The Morgan fingerprint density at radius 1 is 1.50 bits per heavy atom. The molecule has 2 aliphatic rings. The van der Waals surface area contributed by atoms with E-state index in [2.05, 4.69) is 5.32 Å². The minimum Gasteiger partial charge on any atom is -0.393 e. The van der Waals surface area contributed by atoms with E-state index in [1.807, 2.05) is 0 Å². The summed E-state index contributed by atoms with van der Waals surface area (Å²) in [4.78, 5) is 11.5. The molecule has 0 unspecified atom stereocenters. The lowest BCUT2D eigenvalue weighted by atomic mass is 9.74. The second-order valence-electron chi connectivity index (χ2n) is 4.45. The van der Waals surface area contributed by atoms with E-state index in [1.54, 1.807) is 0 Å². The van der Waals surface area contributed by atoms with Crippen molar-refractivity contribution in [3.05, 3.63) is 0 Å². The molecule has 1 amide bonds. The number of nitrogens with one attached hydrogen (secondary N) is 1. The summed E-state index contributed by atoms with van der Waals surface area (Å²) in [6.45, 7) is 0.391. The van der Waals surface area contributed by atoms with Gasteiger partial charge in [0.2, 0.25) is 5.91 Å². The van der Waals surface area contributed by atoms with Crippen LogP contribution >= 0.6 is 0 Å². The van der Waals surface area contributed by atoms with E-state index >= 15 is 0 Å². The van der Waals surface area contributed by atoms with Crippen molar-refractivity contribution in [1.29, 1.82) is 0 Å². The van der Waals surface area contributed by atoms with Crippen molar-refractivity contribution in [1.82, 2.24) is 5.32 Å². The van der Waals surface area contributed by atoms with Gasteiger partial charge in [-0.1, -0.05) is 0 Å². The first-order chi connectivity index (χ1) is 6.72. The van der Waals surface area contributed by atoms with Gasteiger partial charge in [0, 0.05) is 18.5 Å². The molecule has 1 aliphatic carbocycles. The maximum absolute atomic E-state index is 11.5. The predicted molar refractivity (Wildman–Crippen MR) is 52.4 cm³/mol. The number of carbonyl (C=O) groups is 1. The summed E-state index contributed by atoms with van der Waals surface area (Å²) in [5.74, 6) is 0.210. The van der Waals surface area contributed by atoms with Crippen LogP contribution in [0.25, 0.3) is 0 Å². The molecular weight excluding hydrogens is 180 g/mol. The highest BCUT2D eigenvalue weighted by Crippen LogP contribution is 2.33. The Kier molecular flexibility index (Phi) is 2.74. The number of rotatable bonds is 1. The number of piperidine rings is 1. The van der Waals surface area contributed by atoms with Crippen LogP contribution in [0.15, 0.2) is 0 Å². The number of amides is 1. The van der Waals surface area contributed by atoms with Crippen molar-refractivity contribution in [3.8, 4) is 0 Å². The molecule has 1 aliphatic heterocycles. The van der Waals surface area contributed by atoms with Gasteiger partial charge in [0.25, 0.3) is 0 Å². The van der Waals surface area contributed by atoms with E-state index in [9.17, 15) is 9.90 Å². The molecule has 1 saturated carbocycles. The molecule has 4 N–H and O–H groups in total. The van der Waals surface area contributed by atoms with Crippen LogP contribution in [0, 0.1) is 11.8 Å². The maximum atomic E-state index is 11.5. The van der Waals surface area contributed by atoms with Crippen molar-refractivity contribution >= 4 is 5.91 Å². The average molecular weight is 198 g/mol. The van der Waals surface area contributed by atoms with Gasteiger partial charge in [0.1, 0.15) is 0 Å². The minimum atomic E-state index is -0.247. The van der Waals surface area contributed by atoms with E-state index in [-0.39, 0.29) is 29.9 Å². The molecule has 0 aromatic rings.